The molecule has 1 aromatic heterocycles. The van der Waals surface area contributed by atoms with Crippen LogP contribution < -0.4 is 5.73 Å². The van der Waals surface area contributed by atoms with Crippen LogP contribution in [0, 0.1) is 25.7 Å². The second-order valence-electron chi connectivity index (χ2n) is 6.72. The lowest BCUT2D eigenvalue weighted by molar-refractivity contribution is 0.321. The van der Waals surface area contributed by atoms with E-state index in [1.807, 2.05) is 11.3 Å². The Hall–Kier alpha value is -0.410. The molecule has 0 spiro atoms. The van der Waals surface area contributed by atoms with Crippen LogP contribution in [0.5, 0.6) is 0 Å². The van der Waals surface area contributed by atoms with Gasteiger partial charge in [0, 0.05) is 16.8 Å². The lowest BCUT2D eigenvalue weighted by Crippen LogP contribution is -2.41. The van der Waals surface area contributed by atoms with Gasteiger partial charge in [0.1, 0.15) is 0 Å². The molecule has 3 heteroatoms. The molecule has 1 aliphatic rings. The largest absolute Gasteiger partial charge is 0.325 e. The maximum Gasteiger partial charge on any atom is 0.0949 e. The van der Waals surface area contributed by atoms with Gasteiger partial charge in [0.25, 0.3) is 0 Å². The third-order valence-electron chi connectivity index (χ3n) is 4.78. The molecule has 1 aliphatic carbocycles. The molecule has 108 valence electrons. The van der Waals surface area contributed by atoms with E-state index >= 15 is 0 Å². The molecule has 0 aromatic carbocycles. The van der Waals surface area contributed by atoms with E-state index in [2.05, 4.69) is 32.7 Å². The molecule has 0 amide bonds. The zero-order chi connectivity index (χ0) is 14.0. The first-order valence-electron chi connectivity index (χ1n) is 7.61. The molecular weight excluding hydrogens is 252 g/mol. The van der Waals surface area contributed by atoms with Crippen molar-refractivity contribution in [1.29, 1.82) is 0 Å². The number of nitrogens with two attached hydrogens (primary N) is 1. The van der Waals surface area contributed by atoms with Gasteiger partial charge in [-0.25, -0.2) is 4.98 Å². The molecule has 1 heterocycles. The van der Waals surface area contributed by atoms with Crippen LogP contribution in [0.4, 0.5) is 0 Å². The molecule has 0 bridgehead atoms. The zero-order valence-corrected chi connectivity index (χ0v) is 13.6. The van der Waals surface area contributed by atoms with Gasteiger partial charge in [-0.2, -0.15) is 0 Å². The lowest BCUT2D eigenvalue weighted by atomic mass is 9.85. The Morgan fingerprint density at radius 2 is 2.05 bits per heavy atom. The molecule has 1 fully saturated rings. The normalized spacial score (nSPS) is 28.6. The van der Waals surface area contributed by atoms with Gasteiger partial charge in [0.05, 0.1) is 10.7 Å². The van der Waals surface area contributed by atoms with Crippen molar-refractivity contribution in [3.05, 3.63) is 15.6 Å². The molecule has 0 aliphatic heterocycles. The molecule has 2 N–H and O–H groups in total. The summed E-state index contributed by atoms with van der Waals surface area (Å²) in [4.78, 5) is 6.01. The van der Waals surface area contributed by atoms with Crippen molar-refractivity contribution in [3.63, 3.8) is 0 Å². The Morgan fingerprint density at radius 1 is 1.32 bits per heavy atom. The molecule has 0 saturated heterocycles. The first-order valence-corrected chi connectivity index (χ1v) is 8.43. The molecule has 2 rings (SSSR count). The van der Waals surface area contributed by atoms with Crippen LogP contribution in [0.1, 0.15) is 61.5 Å². The van der Waals surface area contributed by atoms with E-state index in [-0.39, 0.29) is 5.54 Å². The third-order valence-corrected chi connectivity index (χ3v) is 5.85. The Bertz CT molecular complexity index is 405. The fourth-order valence-electron chi connectivity index (χ4n) is 3.22. The van der Waals surface area contributed by atoms with Crippen LogP contribution in [-0.2, 0) is 6.42 Å². The minimum Gasteiger partial charge on any atom is -0.325 e. The summed E-state index contributed by atoms with van der Waals surface area (Å²) in [6.07, 6.45) is 7.21. The minimum absolute atomic E-state index is 0.0135. The number of nitrogens with zero attached hydrogens (tertiary/aromatic N) is 1. The summed E-state index contributed by atoms with van der Waals surface area (Å²) < 4.78 is 0. The molecule has 2 atom stereocenters. The molecular formula is C16H28N2S. The number of hydrogen-bond acceptors (Lipinski definition) is 3. The summed E-state index contributed by atoms with van der Waals surface area (Å²) in [5, 5.41) is 1.24. The van der Waals surface area contributed by atoms with Crippen LogP contribution in [0.15, 0.2) is 0 Å². The second-order valence-corrected chi connectivity index (χ2v) is 8.01. The van der Waals surface area contributed by atoms with Gasteiger partial charge in [-0.3, -0.25) is 0 Å². The number of aryl methyl sites for hydroxylation is 2. The van der Waals surface area contributed by atoms with Crippen LogP contribution in [0.2, 0.25) is 0 Å². The molecule has 0 radical (unpaired) electrons. The van der Waals surface area contributed by atoms with Crippen molar-refractivity contribution in [3.8, 4) is 0 Å². The predicted octanol–water partition coefficient (Wildman–Crippen LogP) is 4.24. The summed E-state index contributed by atoms with van der Waals surface area (Å²) in [6.45, 7) is 8.95. The average molecular weight is 280 g/mol. The smallest absolute Gasteiger partial charge is 0.0949 e. The van der Waals surface area contributed by atoms with Gasteiger partial charge in [-0.05, 0) is 44.9 Å². The van der Waals surface area contributed by atoms with Crippen molar-refractivity contribution in [2.45, 2.75) is 71.8 Å². The van der Waals surface area contributed by atoms with Gasteiger partial charge < -0.3 is 5.73 Å². The van der Waals surface area contributed by atoms with Gasteiger partial charge in [0.2, 0.25) is 0 Å². The van der Waals surface area contributed by atoms with Crippen molar-refractivity contribution >= 4 is 11.3 Å². The van der Waals surface area contributed by atoms with E-state index in [1.165, 1.54) is 34.8 Å². The van der Waals surface area contributed by atoms with E-state index in [0.29, 0.717) is 0 Å². The Labute approximate surface area is 121 Å². The minimum atomic E-state index is -0.0135. The van der Waals surface area contributed by atoms with Crippen molar-refractivity contribution in [1.82, 2.24) is 4.98 Å². The van der Waals surface area contributed by atoms with Gasteiger partial charge >= 0.3 is 0 Å². The van der Waals surface area contributed by atoms with E-state index in [9.17, 15) is 0 Å². The van der Waals surface area contributed by atoms with Crippen molar-refractivity contribution in [2.24, 2.45) is 17.6 Å². The summed E-state index contributed by atoms with van der Waals surface area (Å²) in [6, 6.07) is 0. The maximum atomic E-state index is 6.68. The molecule has 2 unspecified atom stereocenters. The average Bonchev–Trinajstić information content (AvgIpc) is 2.51. The lowest BCUT2D eigenvalue weighted by Gasteiger charge is -2.27. The van der Waals surface area contributed by atoms with Gasteiger partial charge in [-0.15, -0.1) is 11.3 Å². The van der Waals surface area contributed by atoms with Crippen molar-refractivity contribution in [2.75, 3.05) is 0 Å². The number of hydrogen-bond donors (Lipinski definition) is 1. The number of aromatic nitrogens is 1. The fraction of sp³-hybridized carbons (Fsp3) is 0.812. The molecule has 2 nitrogen and oxygen atoms in total. The van der Waals surface area contributed by atoms with Crippen LogP contribution in [0.3, 0.4) is 0 Å². The van der Waals surface area contributed by atoms with E-state index < -0.39 is 0 Å². The van der Waals surface area contributed by atoms with Crippen molar-refractivity contribution < 1.29 is 0 Å². The van der Waals surface area contributed by atoms with Gasteiger partial charge in [-0.1, -0.05) is 26.7 Å². The summed E-state index contributed by atoms with van der Waals surface area (Å²) >= 11 is 1.83. The first-order chi connectivity index (χ1) is 8.89. The van der Waals surface area contributed by atoms with Gasteiger partial charge in [0.15, 0.2) is 0 Å². The summed E-state index contributed by atoms with van der Waals surface area (Å²) in [5.74, 6) is 1.66. The van der Waals surface area contributed by atoms with Crippen LogP contribution in [-0.4, -0.2) is 10.5 Å². The highest BCUT2D eigenvalue weighted by atomic mass is 32.1. The predicted molar refractivity (Wildman–Crippen MR) is 83.6 cm³/mol. The third kappa shape index (κ3) is 3.79. The second kappa shape index (κ2) is 5.92. The monoisotopic (exact) mass is 280 g/mol. The van der Waals surface area contributed by atoms with E-state index in [1.54, 1.807) is 0 Å². The number of thiazole rings is 1. The van der Waals surface area contributed by atoms with Crippen LogP contribution in [0.25, 0.3) is 0 Å². The quantitative estimate of drug-likeness (QED) is 0.841. The number of rotatable bonds is 3. The topological polar surface area (TPSA) is 38.9 Å². The first kappa shape index (κ1) is 15.0. The van der Waals surface area contributed by atoms with E-state index in [4.69, 9.17) is 5.73 Å². The maximum absolute atomic E-state index is 6.68. The molecule has 19 heavy (non-hydrogen) atoms. The Kier molecular flexibility index (Phi) is 4.67. The highest BCUT2D eigenvalue weighted by Gasteiger charge is 2.31. The highest BCUT2D eigenvalue weighted by Crippen LogP contribution is 2.35. The molecule has 1 saturated carbocycles. The molecule has 1 aromatic rings. The standard InChI is InChI=1S/C16H28N2S/c1-11(2)14-6-5-8-16(17,9-7-14)10-15-18-12(3)13(4)19-15/h11,14H,5-10,17H2,1-4H3. The summed E-state index contributed by atoms with van der Waals surface area (Å²) in [5.41, 5.74) is 7.84. The SMILES string of the molecule is Cc1nc(CC2(N)CCCC(C(C)C)CC2)sc1C. The van der Waals surface area contributed by atoms with E-state index in [0.717, 1.165) is 31.1 Å². The van der Waals surface area contributed by atoms with Crippen LogP contribution >= 0.6 is 11.3 Å². The summed E-state index contributed by atoms with van der Waals surface area (Å²) in [7, 11) is 0. The highest BCUT2D eigenvalue weighted by molar-refractivity contribution is 7.11. The zero-order valence-electron chi connectivity index (χ0n) is 12.8. The fourth-order valence-corrected chi connectivity index (χ4v) is 4.31. The Morgan fingerprint density at radius 3 is 2.63 bits per heavy atom. The Balaban J connectivity index is 2.02.